The summed E-state index contributed by atoms with van der Waals surface area (Å²) in [5.74, 6) is 0.753. The Kier molecular flexibility index (Phi) is 7.78. The fourth-order valence-electron chi connectivity index (χ4n) is 1.71. The van der Waals surface area contributed by atoms with Crippen molar-refractivity contribution in [2.75, 3.05) is 39.6 Å². The smallest absolute Gasteiger partial charge is 0.191 e. The number of nitrogens with zero attached hydrogens (tertiary/aromatic N) is 1. The number of hydrogen-bond donors (Lipinski definition) is 2. The molecule has 1 aromatic carbocycles. The van der Waals surface area contributed by atoms with Crippen molar-refractivity contribution in [3.63, 3.8) is 0 Å². The third kappa shape index (κ3) is 6.59. The van der Waals surface area contributed by atoms with Gasteiger partial charge in [0.2, 0.25) is 0 Å². The van der Waals surface area contributed by atoms with Crippen molar-refractivity contribution in [3.8, 4) is 0 Å². The number of guanidine groups is 1. The Morgan fingerprint density at radius 2 is 1.86 bits per heavy atom. The number of rotatable bonds is 8. The van der Waals surface area contributed by atoms with E-state index in [2.05, 4.69) is 15.6 Å². The van der Waals surface area contributed by atoms with Crippen molar-refractivity contribution in [2.24, 2.45) is 4.99 Å². The summed E-state index contributed by atoms with van der Waals surface area (Å²) in [5.41, 5.74) is 0. The van der Waals surface area contributed by atoms with Crippen LogP contribution in [0.15, 0.2) is 40.2 Å². The summed E-state index contributed by atoms with van der Waals surface area (Å²) >= 11 is 0. The zero-order valence-corrected chi connectivity index (χ0v) is 13.3. The summed E-state index contributed by atoms with van der Waals surface area (Å²) in [4.78, 5) is 4.41. The van der Waals surface area contributed by atoms with E-state index in [9.17, 15) is 8.42 Å². The Bertz CT molecular complexity index is 530. The van der Waals surface area contributed by atoms with E-state index < -0.39 is 9.84 Å². The number of benzene rings is 1. The van der Waals surface area contributed by atoms with Gasteiger partial charge in [-0.1, -0.05) is 18.2 Å². The molecule has 1 aromatic rings. The normalized spacial score (nSPS) is 12.2. The number of hydrogen-bond acceptors (Lipinski definition) is 4. The first-order valence-corrected chi connectivity index (χ1v) is 8.46. The molecule has 0 unspecified atom stereocenters. The molecule has 0 radical (unpaired) electrons. The van der Waals surface area contributed by atoms with E-state index in [-0.39, 0.29) is 5.75 Å². The number of ether oxygens (including phenoxy) is 1. The second-order valence-corrected chi connectivity index (χ2v) is 6.51. The molecular weight excluding hydrogens is 290 g/mol. The summed E-state index contributed by atoms with van der Waals surface area (Å²) in [6, 6.07) is 8.50. The highest BCUT2D eigenvalue weighted by molar-refractivity contribution is 7.91. The Balaban J connectivity index is 2.33. The third-order valence-corrected chi connectivity index (χ3v) is 4.62. The highest BCUT2D eigenvalue weighted by Gasteiger charge is 2.12. The second kappa shape index (κ2) is 9.36. The van der Waals surface area contributed by atoms with Crippen LogP contribution in [0.1, 0.15) is 6.42 Å². The Hall–Kier alpha value is -1.60. The first kappa shape index (κ1) is 17.5. The lowest BCUT2D eigenvalue weighted by atomic mass is 10.4. The fourth-order valence-corrected chi connectivity index (χ4v) is 3.04. The molecule has 1 rings (SSSR count). The standard InChI is InChI=1S/C14H23N3O3S/c1-15-14(17-10-11-20-2)16-9-6-12-21(18,19)13-7-4-3-5-8-13/h3-5,7-8H,6,9-12H2,1-2H3,(H2,15,16,17). The lowest BCUT2D eigenvalue weighted by molar-refractivity contribution is 0.203. The maximum absolute atomic E-state index is 12.1. The van der Waals surface area contributed by atoms with Crippen molar-refractivity contribution in [3.05, 3.63) is 30.3 Å². The van der Waals surface area contributed by atoms with E-state index in [1.807, 2.05) is 0 Å². The largest absolute Gasteiger partial charge is 0.383 e. The third-order valence-electron chi connectivity index (χ3n) is 2.81. The van der Waals surface area contributed by atoms with Crippen LogP contribution in [-0.2, 0) is 14.6 Å². The lowest BCUT2D eigenvalue weighted by Gasteiger charge is -2.11. The van der Waals surface area contributed by atoms with Crippen LogP contribution in [0, 0.1) is 0 Å². The average Bonchev–Trinajstić information content (AvgIpc) is 2.50. The molecule has 0 spiro atoms. The van der Waals surface area contributed by atoms with Gasteiger partial charge in [-0.2, -0.15) is 0 Å². The predicted octanol–water partition coefficient (Wildman–Crippen LogP) is 0.662. The van der Waals surface area contributed by atoms with Crippen molar-refractivity contribution in [2.45, 2.75) is 11.3 Å². The van der Waals surface area contributed by atoms with Crippen molar-refractivity contribution >= 4 is 15.8 Å². The molecule has 0 fully saturated rings. The molecule has 7 heteroatoms. The summed E-state index contributed by atoms with van der Waals surface area (Å²) in [5, 5.41) is 6.14. The Morgan fingerprint density at radius 1 is 1.19 bits per heavy atom. The molecule has 6 nitrogen and oxygen atoms in total. The summed E-state index contributed by atoms with van der Waals surface area (Å²) in [6.07, 6.45) is 0.516. The quantitative estimate of drug-likeness (QED) is 0.419. The first-order chi connectivity index (χ1) is 10.1. The van der Waals surface area contributed by atoms with Crippen LogP contribution in [0.4, 0.5) is 0 Å². The van der Waals surface area contributed by atoms with Gasteiger partial charge < -0.3 is 15.4 Å². The molecule has 0 saturated carbocycles. The minimum atomic E-state index is -3.21. The Morgan fingerprint density at radius 3 is 2.48 bits per heavy atom. The number of aliphatic imine (C=N–C) groups is 1. The Labute approximate surface area is 126 Å². The van der Waals surface area contributed by atoms with Crippen molar-refractivity contribution < 1.29 is 13.2 Å². The van der Waals surface area contributed by atoms with E-state index in [1.54, 1.807) is 44.5 Å². The minimum Gasteiger partial charge on any atom is -0.383 e. The van der Waals surface area contributed by atoms with Gasteiger partial charge in [0.1, 0.15) is 0 Å². The van der Waals surface area contributed by atoms with Gasteiger partial charge in [-0.3, -0.25) is 4.99 Å². The molecule has 21 heavy (non-hydrogen) atoms. The van der Waals surface area contributed by atoms with Gasteiger partial charge in [-0.15, -0.1) is 0 Å². The highest BCUT2D eigenvalue weighted by Crippen LogP contribution is 2.10. The molecule has 0 aliphatic rings. The molecule has 0 aliphatic carbocycles. The van der Waals surface area contributed by atoms with Crippen molar-refractivity contribution in [1.29, 1.82) is 0 Å². The summed E-state index contributed by atoms with van der Waals surface area (Å²) < 4.78 is 29.1. The summed E-state index contributed by atoms with van der Waals surface area (Å²) in [6.45, 7) is 1.78. The van der Waals surface area contributed by atoms with Gasteiger partial charge in [-0.25, -0.2) is 8.42 Å². The van der Waals surface area contributed by atoms with E-state index in [0.29, 0.717) is 37.0 Å². The molecule has 0 heterocycles. The minimum absolute atomic E-state index is 0.110. The molecule has 0 atom stereocenters. The van der Waals surface area contributed by atoms with Gasteiger partial charge in [-0.05, 0) is 18.6 Å². The van der Waals surface area contributed by atoms with E-state index in [4.69, 9.17) is 4.74 Å². The average molecular weight is 313 g/mol. The SMILES string of the molecule is CN=C(NCCCS(=O)(=O)c1ccccc1)NCCOC. The number of nitrogens with one attached hydrogen (secondary N) is 2. The van der Waals surface area contributed by atoms with Crippen LogP contribution in [0.2, 0.25) is 0 Å². The van der Waals surface area contributed by atoms with Gasteiger partial charge in [0.25, 0.3) is 0 Å². The molecule has 118 valence electrons. The lowest BCUT2D eigenvalue weighted by Crippen LogP contribution is -2.39. The first-order valence-electron chi connectivity index (χ1n) is 6.81. The van der Waals surface area contributed by atoms with Crippen LogP contribution in [0.25, 0.3) is 0 Å². The van der Waals surface area contributed by atoms with Crippen LogP contribution >= 0.6 is 0 Å². The van der Waals surface area contributed by atoms with E-state index in [0.717, 1.165) is 0 Å². The molecule has 0 amide bonds. The van der Waals surface area contributed by atoms with Gasteiger partial charge in [0, 0.05) is 27.2 Å². The van der Waals surface area contributed by atoms with Crippen LogP contribution in [0.5, 0.6) is 0 Å². The van der Waals surface area contributed by atoms with Gasteiger partial charge in [0.05, 0.1) is 17.3 Å². The summed E-state index contributed by atoms with van der Waals surface area (Å²) in [7, 11) is 0.0946. The highest BCUT2D eigenvalue weighted by atomic mass is 32.2. The number of methoxy groups -OCH3 is 1. The van der Waals surface area contributed by atoms with Gasteiger partial charge >= 0.3 is 0 Å². The maximum atomic E-state index is 12.1. The van der Waals surface area contributed by atoms with E-state index in [1.165, 1.54) is 0 Å². The fraction of sp³-hybridized carbons (Fsp3) is 0.500. The molecular formula is C14H23N3O3S. The van der Waals surface area contributed by atoms with Crippen LogP contribution in [0.3, 0.4) is 0 Å². The molecule has 0 saturated heterocycles. The topological polar surface area (TPSA) is 79.8 Å². The molecule has 0 aromatic heterocycles. The van der Waals surface area contributed by atoms with Gasteiger partial charge in [0.15, 0.2) is 15.8 Å². The zero-order chi connectivity index (χ0) is 15.6. The van der Waals surface area contributed by atoms with Crippen LogP contribution < -0.4 is 10.6 Å². The monoisotopic (exact) mass is 313 g/mol. The van der Waals surface area contributed by atoms with Crippen LogP contribution in [-0.4, -0.2) is 54.0 Å². The molecule has 2 N–H and O–H groups in total. The van der Waals surface area contributed by atoms with E-state index >= 15 is 0 Å². The zero-order valence-electron chi connectivity index (χ0n) is 12.5. The molecule has 0 bridgehead atoms. The maximum Gasteiger partial charge on any atom is 0.191 e. The number of sulfone groups is 1. The predicted molar refractivity (Wildman–Crippen MR) is 84.4 cm³/mol. The second-order valence-electron chi connectivity index (χ2n) is 4.40. The molecule has 0 aliphatic heterocycles. The van der Waals surface area contributed by atoms with Crippen molar-refractivity contribution in [1.82, 2.24) is 10.6 Å².